The van der Waals surface area contributed by atoms with Crippen LogP contribution in [0.15, 0.2) is 17.5 Å². The monoisotopic (exact) mass is 281 g/mol. The van der Waals surface area contributed by atoms with Crippen molar-refractivity contribution in [3.63, 3.8) is 0 Å². The van der Waals surface area contributed by atoms with Crippen LogP contribution in [-0.4, -0.2) is 35.7 Å². The van der Waals surface area contributed by atoms with Crippen LogP contribution in [0, 0.1) is 0 Å². The Kier molecular flexibility index (Phi) is 4.01. The fourth-order valence-corrected chi connectivity index (χ4v) is 2.60. The summed E-state index contributed by atoms with van der Waals surface area (Å²) in [6.07, 6.45) is 3.33. The summed E-state index contributed by atoms with van der Waals surface area (Å²) in [6, 6.07) is 1.68. The molecule has 2 heterocycles. The lowest BCUT2D eigenvalue weighted by atomic mass is 10.0. The maximum Gasteiger partial charge on any atom is 0.328 e. The van der Waals surface area contributed by atoms with Crippen LogP contribution in [0.1, 0.15) is 28.6 Å². The lowest BCUT2D eigenvalue weighted by Gasteiger charge is -2.23. The molecule has 0 aromatic carbocycles. The van der Waals surface area contributed by atoms with E-state index in [-0.39, 0.29) is 11.4 Å². The third-order valence-electron chi connectivity index (χ3n) is 2.91. The lowest BCUT2D eigenvalue weighted by molar-refractivity contribution is -0.131. The minimum absolute atomic E-state index is 0.153. The predicted molar refractivity (Wildman–Crippen MR) is 72.3 cm³/mol. The Bertz CT molecular complexity index is 514. The maximum absolute atomic E-state index is 12.1. The van der Waals surface area contributed by atoms with Crippen molar-refractivity contribution >= 4 is 29.3 Å². The number of carboxylic acid groups (broad SMARTS) is 1. The third kappa shape index (κ3) is 3.65. The number of amides is 1. The van der Waals surface area contributed by atoms with Crippen molar-refractivity contribution in [2.24, 2.45) is 0 Å². The van der Waals surface area contributed by atoms with Gasteiger partial charge >= 0.3 is 5.97 Å². The molecule has 1 aliphatic rings. The first-order chi connectivity index (χ1) is 8.98. The van der Waals surface area contributed by atoms with Gasteiger partial charge in [-0.05, 0) is 25.5 Å². The molecule has 0 spiro atoms. The number of aliphatic carboxylic acids is 1. The van der Waals surface area contributed by atoms with Gasteiger partial charge in [0, 0.05) is 22.9 Å². The zero-order valence-corrected chi connectivity index (χ0v) is 11.3. The molecule has 0 radical (unpaired) electrons. The van der Waals surface area contributed by atoms with Crippen LogP contribution in [0.3, 0.4) is 0 Å². The molecule has 19 heavy (non-hydrogen) atoms. The van der Waals surface area contributed by atoms with E-state index in [0.29, 0.717) is 18.8 Å². The second kappa shape index (κ2) is 5.54. The van der Waals surface area contributed by atoms with Crippen LogP contribution < -0.4 is 5.32 Å². The van der Waals surface area contributed by atoms with Gasteiger partial charge in [-0.25, -0.2) is 4.79 Å². The maximum atomic E-state index is 12.1. The Morgan fingerprint density at radius 1 is 1.58 bits per heavy atom. The molecule has 1 atom stereocenters. The molecule has 1 fully saturated rings. The molecule has 0 saturated carbocycles. The van der Waals surface area contributed by atoms with Crippen molar-refractivity contribution in [1.29, 1.82) is 0 Å². The SMILES string of the molecule is CC1(NC(=O)c2csc(/C=C/C(=O)O)c2)CCOC1. The van der Waals surface area contributed by atoms with Gasteiger partial charge < -0.3 is 15.2 Å². The van der Waals surface area contributed by atoms with Crippen molar-refractivity contribution < 1.29 is 19.4 Å². The van der Waals surface area contributed by atoms with Gasteiger partial charge in [0.1, 0.15) is 0 Å². The highest BCUT2D eigenvalue weighted by atomic mass is 32.1. The number of hydrogen-bond acceptors (Lipinski definition) is 4. The summed E-state index contributed by atoms with van der Waals surface area (Å²) in [5.74, 6) is -1.16. The molecule has 2 rings (SSSR count). The summed E-state index contributed by atoms with van der Waals surface area (Å²) in [5.41, 5.74) is 0.235. The van der Waals surface area contributed by atoms with Gasteiger partial charge in [0.2, 0.25) is 0 Å². The summed E-state index contributed by atoms with van der Waals surface area (Å²) >= 11 is 1.33. The Morgan fingerprint density at radius 3 is 3.00 bits per heavy atom. The van der Waals surface area contributed by atoms with Crippen molar-refractivity contribution in [2.75, 3.05) is 13.2 Å². The lowest BCUT2D eigenvalue weighted by Crippen LogP contribution is -2.46. The molecule has 6 heteroatoms. The van der Waals surface area contributed by atoms with Gasteiger partial charge in [-0.1, -0.05) is 0 Å². The van der Waals surface area contributed by atoms with E-state index in [0.717, 1.165) is 17.4 Å². The topological polar surface area (TPSA) is 75.6 Å². The number of carbonyl (C=O) groups excluding carboxylic acids is 1. The van der Waals surface area contributed by atoms with Gasteiger partial charge in [0.15, 0.2) is 0 Å². The van der Waals surface area contributed by atoms with E-state index in [9.17, 15) is 9.59 Å². The fraction of sp³-hybridized carbons (Fsp3) is 0.385. The molecule has 1 aliphatic heterocycles. The molecule has 1 saturated heterocycles. The number of carboxylic acids is 1. The minimum atomic E-state index is -1.00. The summed E-state index contributed by atoms with van der Waals surface area (Å²) in [5, 5.41) is 13.2. The van der Waals surface area contributed by atoms with E-state index in [4.69, 9.17) is 9.84 Å². The second-order valence-electron chi connectivity index (χ2n) is 4.73. The van der Waals surface area contributed by atoms with Crippen molar-refractivity contribution in [3.8, 4) is 0 Å². The van der Waals surface area contributed by atoms with E-state index in [1.807, 2.05) is 6.92 Å². The molecular weight excluding hydrogens is 266 g/mol. The Morgan fingerprint density at radius 2 is 2.37 bits per heavy atom. The summed E-state index contributed by atoms with van der Waals surface area (Å²) < 4.78 is 5.28. The van der Waals surface area contributed by atoms with Gasteiger partial charge in [-0.15, -0.1) is 11.3 Å². The average Bonchev–Trinajstić information content (AvgIpc) is 2.95. The van der Waals surface area contributed by atoms with E-state index in [1.165, 1.54) is 17.4 Å². The average molecular weight is 281 g/mol. The highest BCUT2D eigenvalue weighted by molar-refractivity contribution is 7.11. The van der Waals surface area contributed by atoms with Crippen molar-refractivity contribution in [2.45, 2.75) is 18.9 Å². The van der Waals surface area contributed by atoms with E-state index in [1.54, 1.807) is 11.4 Å². The molecule has 1 aromatic heterocycles. The molecule has 1 amide bonds. The van der Waals surface area contributed by atoms with Crippen LogP contribution in [0.2, 0.25) is 0 Å². The van der Waals surface area contributed by atoms with Crippen LogP contribution in [0.25, 0.3) is 6.08 Å². The zero-order chi connectivity index (χ0) is 13.9. The molecule has 0 aliphatic carbocycles. The summed E-state index contributed by atoms with van der Waals surface area (Å²) in [4.78, 5) is 23.2. The number of ether oxygens (including phenoxy) is 1. The number of carbonyl (C=O) groups is 2. The Balaban J connectivity index is 2.02. The normalized spacial score (nSPS) is 22.8. The first-order valence-corrected chi connectivity index (χ1v) is 6.76. The Labute approximate surface area is 114 Å². The standard InChI is InChI=1S/C13H15NO4S/c1-13(4-5-18-8-13)14-12(17)9-6-10(19-7-9)2-3-11(15)16/h2-3,6-7H,4-5,8H2,1H3,(H,14,17)(H,15,16)/b3-2+. The van der Waals surface area contributed by atoms with Crippen LogP contribution in [0.5, 0.6) is 0 Å². The quantitative estimate of drug-likeness (QED) is 0.824. The molecule has 1 aromatic rings. The number of hydrogen-bond donors (Lipinski definition) is 2. The Hall–Kier alpha value is -1.66. The van der Waals surface area contributed by atoms with E-state index in [2.05, 4.69) is 5.32 Å². The third-order valence-corrected chi connectivity index (χ3v) is 3.80. The van der Waals surface area contributed by atoms with Gasteiger partial charge in [0.25, 0.3) is 5.91 Å². The molecule has 2 N–H and O–H groups in total. The van der Waals surface area contributed by atoms with Gasteiger partial charge in [-0.3, -0.25) is 4.79 Å². The highest BCUT2D eigenvalue weighted by Crippen LogP contribution is 2.20. The molecular formula is C13H15NO4S. The minimum Gasteiger partial charge on any atom is -0.478 e. The summed E-state index contributed by atoms with van der Waals surface area (Å²) in [6.45, 7) is 3.14. The second-order valence-corrected chi connectivity index (χ2v) is 5.67. The van der Waals surface area contributed by atoms with E-state index < -0.39 is 5.97 Å². The van der Waals surface area contributed by atoms with Crippen LogP contribution in [0.4, 0.5) is 0 Å². The van der Waals surface area contributed by atoms with Crippen molar-refractivity contribution in [1.82, 2.24) is 5.32 Å². The highest BCUT2D eigenvalue weighted by Gasteiger charge is 2.31. The molecule has 5 nitrogen and oxygen atoms in total. The predicted octanol–water partition coefficient (Wildman–Crippen LogP) is 1.75. The fourth-order valence-electron chi connectivity index (χ4n) is 1.82. The van der Waals surface area contributed by atoms with Crippen LogP contribution >= 0.6 is 11.3 Å². The van der Waals surface area contributed by atoms with Gasteiger partial charge in [-0.2, -0.15) is 0 Å². The first kappa shape index (κ1) is 13.8. The smallest absolute Gasteiger partial charge is 0.328 e. The number of thiophene rings is 1. The van der Waals surface area contributed by atoms with Crippen molar-refractivity contribution in [3.05, 3.63) is 28.0 Å². The van der Waals surface area contributed by atoms with Crippen LogP contribution in [-0.2, 0) is 9.53 Å². The number of rotatable bonds is 4. The first-order valence-electron chi connectivity index (χ1n) is 5.88. The number of nitrogens with one attached hydrogen (secondary N) is 1. The molecule has 102 valence electrons. The molecule has 0 bridgehead atoms. The van der Waals surface area contributed by atoms with Gasteiger partial charge in [0.05, 0.1) is 17.7 Å². The largest absolute Gasteiger partial charge is 0.478 e. The van der Waals surface area contributed by atoms with E-state index >= 15 is 0 Å². The zero-order valence-electron chi connectivity index (χ0n) is 10.5. The summed E-state index contributed by atoms with van der Waals surface area (Å²) in [7, 11) is 0. The molecule has 1 unspecified atom stereocenters.